The Balaban J connectivity index is 1.10. The number of thioether (sulfide) groups is 3. The van der Waals surface area contributed by atoms with Crippen LogP contribution in [0.3, 0.4) is 0 Å². The fourth-order valence-corrected chi connectivity index (χ4v) is 10.6. The molecular formula is C43H42N8O7S4. The fraction of sp³-hybridized carbons (Fsp3) is 0.256. The number of oxime groups is 1. The predicted molar refractivity (Wildman–Crippen MR) is 241 cm³/mol. The van der Waals surface area contributed by atoms with Crippen molar-refractivity contribution in [1.82, 2.24) is 29.9 Å². The van der Waals surface area contributed by atoms with Crippen LogP contribution < -0.4 is 16.4 Å². The van der Waals surface area contributed by atoms with E-state index < -0.39 is 46.5 Å². The van der Waals surface area contributed by atoms with Crippen LogP contribution in [0.1, 0.15) is 49.0 Å². The van der Waals surface area contributed by atoms with Gasteiger partial charge in [-0.2, -0.15) is 21.1 Å². The molecule has 0 saturated carbocycles. The number of nitrogens with two attached hydrogens (primary N) is 1. The molecule has 0 bridgehead atoms. The number of carboxylic acids is 1. The molecule has 3 amide bonds. The number of ether oxygens (including phenoxy) is 1. The van der Waals surface area contributed by atoms with Gasteiger partial charge >= 0.3 is 12.1 Å². The zero-order valence-electron chi connectivity index (χ0n) is 33.7. The molecule has 19 heteroatoms. The first-order valence-electron chi connectivity index (χ1n) is 19.3. The van der Waals surface area contributed by atoms with Gasteiger partial charge in [0.1, 0.15) is 22.7 Å². The number of fused-ring (bicyclic) bond motifs is 1. The first-order chi connectivity index (χ1) is 29.9. The molecule has 0 aliphatic carbocycles. The van der Waals surface area contributed by atoms with Crippen molar-refractivity contribution in [2.75, 3.05) is 23.8 Å². The Hall–Kier alpha value is -5.89. The standard InChI is InChI=1S/C43H42N8O7S4/c1-42(2,3)57-41(56)46-22-23-59-24-29-30(20-13-21-45-29)61-31-25-60-38-33(37(53)51(38)34(31)39(54)55)47-36(52)32(35-48-40(44)62-50-35)49-58-43(26-14-7-4-8-15-26,27-16-9-5-10-17-27)28-18-11-6-12-19-28/h4-21,33,38H,22-25H2,1-3H3,(H,46,56)(H,47,52)(H,54,55)(H2,44,48,50)/b49-32-/t33-,38-/m1/s1. The lowest BCUT2D eigenvalue weighted by atomic mass is 9.80. The van der Waals surface area contributed by atoms with E-state index in [0.717, 1.165) is 38.8 Å². The van der Waals surface area contributed by atoms with Gasteiger partial charge in [-0.1, -0.05) is 108 Å². The van der Waals surface area contributed by atoms with Crippen LogP contribution in [0.4, 0.5) is 9.93 Å². The van der Waals surface area contributed by atoms with Crippen LogP contribution in [-0.2, 0) is 35.3 Å². The number of nitrogen functional groups attached to an aromatic ring is 1. The van der Waals surface area contributed by atoms with E-state index in [0.29, 0.717) is 23.0 Å². The molecule has 4 heterocycles. The minimum absolute atomic E-state index is 0.0847. The van der Waals surface area contributed by atoms with E-state index in [-0.39, 0.29) is 28.1 Å². The Morgan fingerprint density at radius 1 is 0.952 bits per heavy atom. The lowest BCUT2D eigenvalue weighted by molar-refractivity contribution is -0.150. The van der Waals surface area contributed by atoms with Gasteiger partial charge in [0.15, 0.2) is 5.13 Å². The Kier molecular flexibility index (Phi) is 13.8. The number of nitrogens with one attached hydrogen (secondary N) is 2. The van der Waals surface area contributed by atoms with Crippen LogP contribution in [0.5, 0.6) is 0 Å². The smallest absolute Gasteiger partial charge is 0.407 e. The quantitative estimate of drug-likeness (QED) is 0.0275. The number of carbonyl (C=O) groups excluding carboxylic acids is 3. The molecule has 7 rings (SSSR count). The van der Waals surface area contributed by atoms with Crippen molar-refractivity contribution in [3.05, 3.63) is 148 Å². The molecule has 320 valence electrons. The van der Waals surface area contributed by atoms with Gasteiger partial charge in [-0.15, -0.1) is 11.8 Å². The van der Waals surface area contributed by atoms with Crippen molar-refractivity contribution in [2.45, 2.75) is 54.0 Å². The molecule has 15 nitrogen and oxygen atoms in total. The molecule has 2 atom stereocenters. The van der Waals surface area contributed by atoms with Crippen molar-refractivity contribution in [1.29, 1.82) is 0 Å². The van der Waals surface area contributed by atoms with Gasteiger partial charge in [0, 0.05) is 68.0 Å². The number of anilines is 1. The number of amides is 3. The molecule has 1 fully saturated rings. The van der Waals surface area contributed by atoms with E-state index in [1.165, 1.54) is 28.4 Å². The van der Waals surface area contributed by atoms with E-state index in [4.69, 9.17) is 15.3 Å². The minimum Gasteiger partial charge on any atom is -0.477 e. The van der Waals surface area contributed by atoms with Gasteiger partial charge in [0.2, 0.25) is 17.1 Å². The second-order valence-electron chi connectivity index (χ2n) is 14.7. The number of nitrogens with zero attached hydrogens (tertiary/aromatic N) is 5. The third-order valence-corrected chi connectivity index (χ3v) is 13.5. The first kappa shape index (κ1) is 44.2. The van der Waals surface area contributed by atoms with Gasteiger partial charge < -0.3 is 31.0 Å². The summed E-state index contributed by atoms with van der Waals surface area (Å²) in [7, 11) is 0. The predicted octanol–water partition coefficient (Wildman–Crippen LogP) is 6.47. The fourth-order valence-electron chi connectivity index (χ4n) is 6.65. The highest BCUT2D eigenvalue weighted by atomic mass is 32.2. The van der Waals surface area contributed by atoms with Crippen molar-refractivity contribution >= 4 is 81.5 Å². The van der Waals surface area contributed by atoms with Gasteiger partial charge in [0.25, 0.3) is 11.8 Å². The second kappa shape index (κ2) is 19.4. The Bertz CT molecular complexity index is 2390. The Morgan fingerprint density at radius 3 is 2.15 bits per heavy atom. The number of pyridine rings is 1. The van der Waals surface area contributed by atoms with Crippen LogP contribution in [0.15, 0.2) is 130 Å². The normalized spacial score (nSPS) is 16.5. The Labute approximate surface area is 374 Å². The van der Waals surface area contributed by atoms with Gasteiger partial charge in [0.05, 0.1) is 5.69 Å². The minimum atomic E-state index is -1.35. The van der Waals surface area contributed by atoms with E-state index >= 15 is 0 Å². The molecule has 2 aliphatic rings. The lowest BCUT2D eigenvalue weighted by Crippen LogP contribution is -2.71. The Morgan fingerprint density at radius 2 is 1.58 bits per heavy atom. The number of hydrogen-bond acceptors (Lipinski definition) is 15. The maximum Gasteiger partial charge on any atom is 0.407 e. The van der Waals surface area contributed by atoms with Gasteiger partial charge in [-0.25, -0.2) is 9.59 Å². The summed E-state index contributed by atoms with van der Waals surface area (Å²) in [6.07, 6.45) is 1.17. The average Bonchev–Trinajstić information content (AvgIpc) is 3.70. The molecule has 0 unspecified atom stereocenters. The highest BCUT2D eigenvalue weighted by molar-refractivity contribution is 8.06. The number of aliphatic carboxylic acids is 1. The first-order valence-corrected chi connectivity index (χ1v) is 23.1. The van der Waals surface area contributed by atoms with Crippen molar-refractivity contribution in [3.8, 4) is 0 Å². The van der Waals surface area contributed by atoms with Gasteiger partial charge in [-0.05, 0) is 32.9 Å². The van der Waals surface area contributed by atoms with Crippen LogP contribution in [-0.4, -0.2) is 89.0 Å². The molecule has 0 radical (unpaired) electrons. The monoisotopic (exact) mass is 910 g/mol. The number of β-lactam (4-membered cyclic amide) rings is 1. The molecule has 2 aliphatic heterocycles. The zero-order chi connectivity index (χ0) is 43.9. The van der Waals surface area contributed by atoms with Crippen LogP contribution >= 0.6 is 46.8 Å². The largest absolute Gasteiger partial charge is 0.477 e. The van der Waals surface area contributed by atoms with E-state index in [2.05, 4.69) is 30.1 Å². The summed E-state index contributed by atoms with van der Waals surface area (Å²) in [5, 5.41) is 19.8. The number of benzene rings is 3. The lowest BCUT2D eigenvalue weighted by Gasteiger charge is -2.49. The molecule has 3 aromatic carbocycles. The summed E-state index contributed by atoms with van der Waals surface area (Å²) in [6, 6.07) is 30.9. The summed E-state index contributed by atoms with van der Waals surface area (Å²) in [5.74, 6) is -1.47. The maximum atomic E-state index is 14.3. The summed E-state index contributed by atoms with van der Waals surface area (Å²) in [6.45, 7) is 5.78. The number of carbonyl (C=O) groups is 4. The molecule has 1 saturated heterocycles. The number of hydrogen-bond donors (Lipinski definition) is 4. The van der Waals surface area contributed by atoms with Crippen molar-refractivity contribution < 1.29 is 33.9 Å². The van der Waals surface area contributed by atoms with Crippen molar-refractivity contribution in [3.63, 3.8) is 0 Å². The zero-order valence-corrected chi connectivity index (χ0v) is 37.0. The third kappa shape index (κ3) is 9.91. The number of carboxylic acid groups (broad SMARTS) is 1. The molecule has 5 aromatic rings. The van der Waals surface area contributed by atoms with E-state index in [1.54, 1.807) is 44.8 Å². The number of rotatable bonds is 16. The summed E-state index contributed by atoms with van der Waals surface area (Å²) in [4.78, 5) is 70.8. The second-order valence-corrected chi connectivity index (χ2v) is 18.9. The molecule has 62 heavy (non-hydrogen) atoms. The summed E-state index contributed by atoms with van der Waals surface area (Å²) < 4.78 is 9.55. The third-order valence-electron chi connectivity index (χ3n) is 9.34. The van der Waals surface area contributed by atoms with Crippen molar-refractivity contribution in [2.24, 2.45) is 5.16 Å². The summed E-state index contributed by atoms with van der Waals surface area (Å²) >= 11 is 4.97. The highest BCUT2D eigenvalue weighted by Crippen LogP contribution is 2.46. The van der Waals surface area contributed by atoms with Crippen LogP contribution in [0.2, 0.25) is 0 Å². The maximum absolute atomic E-state index is 14.3. The average molecular weight is 911 g/mol. The number of alkyl carbamates (subject to hydrolysis) is 1. The highest BCUT2D eigenvalue weighted by Gasteiger charge is 2.55. The van der Waals surface area contributed by atoms with E-state index in [1.807, 2.05) is 97.1 Å². The number of aromatic nitrogens is 3. The molecule has 5 N–H and O–H groups in total. The summed E-state index contributed by atoms with van der Waals surface area (Å²) in [5.41, 5.74) is 6.43. The molecule has 0 spiro atoms. The topological polar surface area (TPSA) is 211 Å². The molecule has 2 aromatic heterocycles. The van der Waals surface area contributed by atoms with Crippen LogP contribution in [0, 0.1) is 0 Å². The molecular weight excluding hydrogens is 869 g/mol. The van der Waals surface area contributed by atoms with E-state index in [9.17, 15) is 24.3 Å². The SMILES string of the molecule is CC(C)(C)OC(=O)NCCSCc1ncccc1SC1=C(C(=O)O)N2C(=O)[C@@H](NC(=O)/C(=N\OC(c3ccccc3)(c3ccccc3)c3ccccc3)c3nsc(N)n3)[C@H]2SC1. The van der Waals surface area contributed by atoms with Crippen LogP contribution in [0.25, 0.3) is 0 Å². The van der Waals surface area contributed by atoms with Gasteiger partial charge in [-0.3, -0.25) is 19.5 Å².